The first-order valence-corrected chi connectivity index (χ1v) is 8.16. The smallest absolute Gasteiger partial charge is 0.411 e. The van der Waals surface area contributed by atoms with Crippen LogP contribution in [-0.4, -0.2) is 30.7 Å². The molecule has 0 spiro atoms. The largest absolute Gasteiger partial charge is 0.450 e. The Bertz CT molecular complexity index is 735. The fourth-order valence-electron chi connectivity index (χ4n) is 2.09. The van der Waals surface area contributed by atoms with E-state index in [-0.39, 0.29) is 6.03 Å². The molecule has 2 aromatic carbocycles. The van der Waals surface area contributed by atoms with E-state index in [9.17, 15) is 9.59 Å². The summed E-state index contributed by atoms with van der Waals surface area (Å²) in [4.78, 5) is 25.1. The van der Waals surface area contributed by atoms with Crippen LogP contribution in [0.5, 0.6) is 0 Å². The van der Waals surface area contributed by atoms with Gasteiger partial charge in [0.2, 0.25) is 0 Å². The second kappa shape index (κ2) is 8.94. The summed E-state index contributed by atoms with van der Waals surface area (Å²) in [5.74, 6) is 0. The van der Waals surface area contributed by atoms with Crippen LogP contribution in [0, 0.1) is 0 Å². The Balaban J connectivity index is 1.91. The molecule has 0 radical (unpaired) electrons. The first kappa shape index (κ1) is 18.6. The van der Waals surface area contributed by atoms with Crippen molar-refractivity contribution in [1.82, 2.24) is 4.90 Å². The molecule has 0 saturated carbocycles. The van der Waals surface area contributed by atoms with Crippen molar-refractivity contribution in [2.24, 2.45) is 0 Å². The Kier molecular flexibility index (Phi) is 6.65. The van der Waals surface area contributed by atoms with Crippen LogP contribution in [-0.2, 0) is 11.3 Å². The Morgan fingerprint density at radius 1 is 1.04 bits per heavy atom. The lowest BCUT2D eigenvalue weighted by Gasteiger charge is -2.19. The lowest BCUT2D eigenvalue weighted by atomic mass is 10.2. The van der Waals surface area contributed by atoms with Crippen molar-refractivity contribution >= 4 is 35.1 Å². The molecule has 0 aliphatic carbocycles. The number of nitrogens with one attached hydrogen (secondary N) is 2. The van der Waals surface area contributed by atoms with Gasteiger partial charge in [-0.05, 0) is 42.8 Å². The molecule has 2 aromatic rings. The number of halogens is 1. The van der Waals surface area contributed by atoms with Crippen molar-refractivity contribution in [2.75, 3.05) is 24.3 Å². The Hall–Kier alpha value is -2.73. The van der Waals surface area contributed by atoms with E-state index in [0.29, 0.717) is 29.5 Å². The third-order valence-corrected chi connectivity index (χ3v) is 3.74. The van der Waals surface area contributed by atoms with Gasteiger partial charge in [-0.15, -0.1) is 0 Å². The summed E-state index contributed by atoms with van der Waals surface area (Å²) in [6.45, 7) is 2.43. The zero-order chi connectivity index (χ0) is 18.2. The zero-order valence-corrected chi connectivity index (χ0v) is 14.8. The monoisotopic (exact) mass is 361 g/mol. The third-order valence-electron chi connectivity index (χ3n) is 3.37. The summed E-state index contributed by atoms with van der Waals surface area (Å²) in [5.41, 5.74) is 2.07. The maximum atomic E-state index is 12.3. The van der Waals surface area contributed by atoms with Crippen molar-refractivity contribution in [3.8, 4) is 0 Å². The van der Waals surface area contributed by atoms with Crippen LogP contribution >= 0.6 is 11.6 Å². The van der Waals surface area contributed by atoms with Crippen LogP contribution in [0.3, 0.4) is 0 Å². The molecule has 132 valence electrons. The van der Waals surface area contributed by atoms with Gasteiger partial charge in [0, 0.05) is 30.0 Å². The summed E-state index contributed by atoms with van der Waals surface area (Å²) in [5, 5.41) is 5.99. The second-order valence-corrected chi connectivity index (χ2v) is 5.71. The lowest BCUT2D eigenvalue weighted by Crippen LogP contribution is -2.30. The highest BCUT2D eigenvalue weighted by molar-refractivity contribution is 6.31. The molecule has 0 unspecified atom stereocenters. The normalized spacial score (nSPS) is 10.0. The molecule has 0 saturated heterocycles. The van der Waals surface area contributed by atoms with E-state index in [1.54, 1.807) is 44.3 Å². The van der Waals surface area contributed by atoms with Crippen LogP contribution in [0.1, 0.15) is 12.5 Å². The highest BCUT2D eigenvalue weighted by Crippen LogP contribution is 2.18. The molecular formula is C18H20ClN3O3. The van der Waals surface area contributed by atoms with Crippen molar-refractivity contribution in [1.29, 1.82) is 0 Å². The molecule has 0 aliphatic rings. The summed E-state index contributed by atoms with van der Waals surface area (Å²) in [6, 6.07) is 13.9. The Morgan fingerprint density at radius 2 is 1.64 bits per heavy atom. The molecule has 2 N–H and O–H groups in total. The van der Waals surface area contributed by atoms with Crippen LogP contribution in [0.25, 0.3) is 0 Å². The van der Waals surface area contributed by atoms with Gasteiger partial charge < -0.3 is 15.0 Å². The van der Waals surface area contributed by atoms with Crippen LogP contribution < -0.4 is 10.6 Å². The van der Waals surface area contributed by atoms with Gasteiger partial charge in [-0.1, -0.05) is 29.8 Å². The third kappa shape index (κ3) is 5.69. The number of urea groups is 1. The number of anilines is 2. The number of rotatable bonds is 5. The predicted molar refractivity (Wildman–Crippen MR) is 99.0 cm³/mol. The van der Waals surface area contributed by atoms with E-state index in [4.69, 9.17) is 16.3 Å². The minimum Gasteiger partial charge on any atom is -0.450 e. The molecular weight excluding hydrogens is 342 g/mol. The summed E-state index contributed by atoms with van der Waals surface area (Å²) >= 11 is 6.11. The molecule has 6 nitrogen and oxygen atoms in total. The average Bonchev–Trinajstić information content (AvgIpc) is 2.59. The van der Waals surface area contributed by atoms with Gasteiger partial charge in [0.1, 0.15) is 0 Å². The minimum absolute atomic E-state index is 0.258. The number of carbonyl (C=O) groups is 2. The van der Waals surface area contributed by atoms with Gasteiger partial charge in [0.05, 0.1) is 6.61 Å². The molecule has 0 heterocycles. The van der Waals surface area contributed by atoms with Crippen molar-refractivity contribution < 1.29 is 14.3 Å². The van der Waals surface area contributed by atoms with Crippen molar-refractivity contribution in [3.05, 3.63) is 59.1 Å². The van der Waals surface area contributed by atoms with Gasteiger partial charge in [0.15, 0.2) is 0 Å². The maximum absolute atomic E-state index is 12.3. The van der Waals surface area contributed by atoms with E-state index in [2.05, 4.69) is 10.6 Å². The molecule has 0 fully saturated rings. The second-order valence-electron chi connectivity index (χ2n) is 5.30. The quantitative estimate of drug-likeness (QED) is 0.819. The SMILES string of the molecule is CCOC(=O)Nc1ccc(NC(=O)N(C)Cc2ccccc2Cl)cc1. The number of hydrogen-bond donors (Lipinski definition) is 2. The molecule has 3 amide bonds. The number of carbonyl (C=O) groups excluding carboxylic acids is 2. The maximum Gasteiger partial charge on any atom is 0.411 e. The average molecular weight is 362 g/mol. The topological polar surface area (TPSA) is 70.7 Å². The Morgan fingerprint density at radius 3 is 2.24 bits per heavy atom. The van der Waals surface area contributed by atoms with Gasteiger partial charge in [-0.2, -0.15) is 0 Å². The molecule has 0 aliphatic heterocycles. The number of benzene rings is 2. The van der Waals surface area contributed by atoms with Crippen molar-refractivity contribution in [3.63, 3.8) is 0 Å². The highest BCUT2D eigenvalue weighted by Gasteiger charge is 2.11. The van der Waals surface area contributed by atoms with Crippen LogP contribution in [0.15, 0.2) is 48.5 Å². The number of nitrogens with zero attached hydrogens (tertiary/aromatic N) is 1. The first-order chi connectivity index (χ1) is 12.0. The lowest BCUT2D eigenvalue weighted by molar-refractivity contribution is 0.168. The molecule has 25 heavy (non-hydrogen) atoms. The van der Waals surface area contributed by atoms with E-state index >= 15 is 0 Å². The minimum atomic E-state index is -0.515. The Labute approximate surface area is 151 Å². The van der Waals surface area contributed by atoms with E-state index < -0.39 is 6.09 Å². The van der Waals surface area contributed by atoms with Crippen molar-refractivity contribution in [2.45, 2.75) is 13.5 Å². The van der Waals surface area contributed by atoms with E-state index in [1.165, 1.54) is 4.90 Å². The van der Waals surface area contributed by atoms with E-state index in [1.807, 2.05) is 18.2 Å². The fraction of sp³-hybridized carbons (Fsp3) is 0.222. The first-order valence-electron chi connectivity index (χ1n) is 7.79. The molecule has 0 aromatic heterocycles. The summed E-state index contributed by atoms with van der Waals surface area (Å²) < 4.78 is 4.80. The van der Waals surface area contributed by atoms with E-state index in [0.717, 1.165) is 5.56 Å². The number of amides is 3. The summed E-state index contributed by atoms with van der Waals surface area (Å²) in [6.07, 6.45) is -0.515. The number of hydrogen-bond acceptors (Lipinski definition) is 3. The van der Waals surface area contributed by atoms with Gasteiger partial charge >= 0.3 is 12.1 Å². The molecule has 0 bridgehead atoms. The molecule has 0 atom stereocenters. The van der Waals surface area contributed by atoms with Gasteiger partial charge in [-0.3, -0.25) is 5.32 Å². The van der Waals surface area contributed by atoms with Gasteiger partial charge in [0.25, 0.3) is 0 Å². The number of ether oxygens (including phenoxy) is 1. The highest BCUT2D eigenvalue weighted by atomic mass is 35.5. The predicted octanol–water partition coefficient (Wildman–Crippen LogP) is 4.57. The molecule has 2 rings (SSSR count). The van der Waals surface area contributed by atoms with Crippen LogP contribution in [0.2, 0.25) is 5.02 Å². The van der Waals surface area contributed by atoms with Crippen LogP contribution in [0.4, 0.5) is 21.0 Å². The fourth-order valence-corrected chi connectivity index (χ4v) is 2.29. The standard InChI is InChI=1S/C18H20ClN3O3/c1-3-25-18(24)21-15-10-8-14(9-11-15)20-17(23)22(2)12-13-6-4-5-7-16(13)19/h4-11H,3,12H2,1-2H3,(H,20,23)(H,21,24). The molecule has 7 heteroatoms. The summed E-state index contributed by atoms with van der Waals surface area (Å²) in [7, 11) is 1.69. The zero-order valence-electron chi connectivity index (χ0n) is 14.1. The van der Waals surface area contributed by atoms with Gasteiger partial charge in [-0.25, -0.2) is 9.59 Å².